The van der Waals surface area contributed by atoms with E-state index in [0.29, 0.717) is 25.5 Å². The molecule has 0 aliphatic carbocycles. The number of unbranched alkanes of at least 4 members (excludes halogenated alkanes) is 1. The predicted molar refractivity (Wildman–Crippen MR) is 206 cm³/mol. The van der Waals surface area contributed by atoms with Crippen molar-refractivity contribution in [1.82, 2.24) is 9.80 Å². The van der Waals surface area contributed by atoms with Crippen LogP contribution in [0, 0.1) is 5.92 Å². The van der Waals surface area contributed by atoms with Crippen LogP contribution in [0.5, 0.6) is 0 Å². The van der Waals surface area contributed by atoms with Gasteiger partial charge >= 0.3 is 17.9 Å². The van der Waals surface area contributed by atoms with Crippen molar-refractivity contribution in [2.45, 2.75) is 64.5 Å². The van der Waals surface area contributed by atoms with Crippen LogP contribution in [-0.2, 0) is 25.5 Å². The molecule has 0 bridgehead atoms. The predicted octanol–water partition coefficient (Wildman–Crippen LogP) is 5.75. The molecule has 1 saturated heterocycles. The molecule has 4 rings (SSSR count). The number of piperazine rings is 1. The summed E-state index contributed by atoms with van der Waals surface area (Å²) in [5, 5.41) is 26.5. The van der Waals surface area contributed by atoms with Crippen molar-refractivity contribution in [3.63, 3.8) is 0 Å². The molecule has 3 atom stereocenters. The standard InChI is InChI=1S/C21H25ClN2O3.C13H18O2.C6H14N2O2/c22-19-8-6-18(7-9-19)21(17-4-2-1-3-5-17)24-12-10-23(11-13-24)14-15-27-16-20(25)26;1-9(2)8-11-4-6-12(7-5-11)10(3)13(14)15;7-4-2-1-3-5(8)6(9)10/h1-9,21H,10-16H2,(H,25,26);4-7,9-10H,8H2,1-3H3,(H,14,15);5H,1-4,7-8H2,(H,9,10)/t;;5-/m..0/s1. The van der Waals surface area contributed by atoms with Gasteiger partial charge in [0, 0.05) is 37.7 Å². The van der Waals surface area contributed by atoms with Gasteiger partial charge in [-0.2, -0.15) is 0 Å². The van der Waals surface area contributed by atoms with Crippen molar-refractivity contribution in [3.05, 3.63) is 106 Å². The summed E-state index contributed by atoms with van der Waals surface area (Å²) in [6.45, 7) is 11.4. The van der Waals surface area contributed by atoms with E-state index < -0.39 is 29.9 Å². The minimum Gasteiger partial charge on any atom is -0.481 e. The number of hydrogen-bond donors (Lipinski definition) is 5. The van der Waals surface area contributed by atoms with Gasteiger partial charge in [-0.1, -0.05) is 98.6 Å². The number of carboxylic acids is 3. The van der Waals surface area contributed by atoms with E-state index in [2.05, 4.69) is 60.0 Å². The maximum absolute atomic E-state index is 10.8. The first kappa shape index (κ1) is 44.3. The van der Waals surface area contributed by atoms with Crippen LogP contribution in [0.15, 0.2) is 78.9 Å². The highest BCUT2D eigenvalue weighted by Gasteiger charge is 2.26. The van der Waals surface area contributed by atoms with Crippen LogP contribution in [0.2, 0.25) is 5.02 Å². The maximum atomic E-state index is 10.8. The van der Waals surface area contributed by atoms with Gasteiger partial charge < -0.3 is 31.5 Å². The first-order valence-electron chi connectivity index (χ1n) is 17.9. The number of nitrogens with zero attached hydrogens (tertiary/aromatic N) is 2. The summed E-state index contributed by atoms with van der Waals surface area (Å²) in [5.74, 6) is -2.41. The number of ether oxygens (including phenoxy) is 1. The number of aliphatic carboxylic acids is 3. The van der Waals surface area contributed by atoms with Crippen LogP contribution < -0.4 is 11.5 Å². The highest BCUT2D eigenvalue weighted by atomic mass is 35.5. The molecule has 1 aliphatic heterocycles. The molecule has 0 radical (unpaired) electrons. The van der Waals surface area contributed by atoms with Gasteiger partial charge in [-0.25, -0.2) is 4.79 Å². The molecular formula is C40H57ClN4O7. The fourth-order valence-corrected chi connectivity index (χ4v) is 5.81. The van der Waals surface area contributed by atoms with Gasteiger partial charge in [0.1, 0.15) is 12.6 Å². The largest absolute Gasteiger partial charge is 0.481 e. The molecule has 12 heteroatoms. The van der Waals surface area contributed by atoms with E-state index in [4.69, 9.17) is 43.1 Å². The van der Waals surface area contributed by atoms with Gasteiger partial charge in [0.2, 0.25) is 0 Å². The number of rotatable bonds is 17. The Kier molecular flexibility index (Phi) is 20.8. The lowest BCUT2D eigenvalue weighted by Gasteiger charge is -2.39. The molecule has 52 heavy (non-hydrogen) atoms. The van der Waals surface area contributed by atoms with E-state index in [1.54, 1.807) is 6.92 Å². The van der Waals surface area contributed by atoms with Crippen LogP contribution in [0.3, 0.4) is 0 Å². The Morgan fingerprint density at radius 2 is 1.37 bits per heavy atom. The van der Waals surface area contributed by atoms with Crippen LogP contribution in [0.1, 0.15) is 74.2 Å². The van der Waals surface area contributed by atoms with Crippen molar-refractivity contribution in [3.8, 4) is 0 Å². The molecule has 1 aliphatic rings. The Bertz CT molecular complexity index is 1450. The molecular weight excluding hydrogens is 684 g/mol. The summed E-state index contributed by atoms with van der Waals surface area (Å²) < 4.78 is 5.15. The van der Waals surface area contributed by atoms with Crippen molar-refractivity contribution >= 4 is 29.5 Å². The first-order valence-corrected chi connectivity index (χ1v) is 18.3. The highest BCUT2D eigenvalue weighted by molar-refractivity contribution is 6.30. The molecule has 7 N–H and O–H groups in total. The molecule has 2 unspecified atom stereocenters. The van der Waals surface area contributed by atoms with Crippen molar-refractivity contribution < 1.29 is 34.4 Å². The monoisotopic (exact) mass is 740 g/mol. The Morgan fingerprint density at radius 3 is 1.88 bits per heavy atom. The maximum Gasteiger partial charge on any atom is 0.329 e. The number of nitrogens with two attached hydrogens (primary N) is 2. The van der Waals surface area contributed by atoms with Crippen LogP contribution in [0.25, 0.3) is 0 Å². The number of carbonyl (C=O) groups is 3. The van der Waals surface area contributed by atoms with Crippen LogP contribution in [0.4, 0.5) is 0 Å². The third kappa shape index (κ3) is 17.1. The molecule has 1 heterocycles. The number of halogens is 1. The quantitative estimate of drug-likeness (QED) is 0.106. The molecule has 3 aromatic rings. The van der Waals surface area contributed by atoms with Crippen molar-refractivity contribution in [2.75, 3.05) is 52.5 Å². The lowest BCUT2D eigenvalue weighted by molar-refractivity contribution is -0.142. The zero-order valence-electron chi connectivity index (χ0n) is 30.7. The lowest BCUT2D eigenvalue weighted by atomic mass is 9.96. The van der Waals surface area contributed by atoms with Crippen LogP contribution >= 0.6 is 11.6 Å². The van der Waals surface area contributed by atoms with Crippen LogP contribution in [-0.4, -0.2) is 102 Å². The second kappa shape index (κ2) is 24.4. The average molecular weight is 741 g/mol. The summed E-state index contributed by atoms with van der Waals surface area (Å²) in [4.78, 5) is 36.2. The minimum atomic E-state index is -0.933. The zero-order valence-corrected chi connectivity index (χ0v) is 31.5. The van der Waals surface area contributed by atoms with E-state index in [0.717, 1.165) is 62.6 Å². The Balaban J connectivity index is 0.000000314. The van der Waals surface area contributed by atoms with E-state index >= 15 is 0 Å². The lowest BCUT2D eigenvalue weighted by Crippen LogP contribution is -2.48. The number of hydrogen-bond acceptors (Lipinski definition) is 8. The summed E-state index contributed by atoms with van der Waals surface area (Å²) >= 11 is 6.08. The first-order chi connectivity index (χ1) is 24.8. The summed E-state index contributed by atoms with van der Waals surface area (Å²) in [5.41, 5.74) is 15.1. The van der Waals surface area contributed by atoms with E-state index in [1.165, 1.54) is 16.7 Å². The Hall–Kier alpha value is -3.84. The topological polar surface area (TPSA) is 180 Å². The normalized spacial score (nSPS) is 15.0. The molecule has 0 spiro atoms. The van der Waals surface area contributed by atoms with Crippen molar-refractivity contribution in [2.24, 2.45) is 17.4 Å². The molecule has 0 saturated carbocycles. The highest BCUT2D eigenvalue weighted by Crippen LogP contribution is 2.30. The van der Waals surface area contributed by atoms with E-state index in [-0.39, 0.29) is 12.6 Å². The molecule has 1 fully saturated rings. The fraction of sp³-hybridized carbons (Fsp3) is 0.475. The molecule has 0 aromatic heterocycles. The summed E-state index contributed by atoms with van der Waals surface area (Å²) in [6, 6.07) is 26.0. The van der Waals surface area contributed by atoms with Crippen molar-refractivity contribution in [1.29, 1.82) is 0 Å². The fourth-order valence-electron chi connectivity index (χ4n) is 5.68. The molecule has 3 aromatic carbocycles. The Morgan fingerprint density at radius 1 is 0.788 bits per heavy atom. The molecule has 0 amide bonds. The Labute approximate surface area is 313 Å². The second-order valence-electron chi connectivity index (χ2n) is 13.3. The smallest absolute Gasteiger partial charge is 0.329 e. The zero-order chi connectivity index (χ0) is 38.5. The average Bonchev–Trinajstić information content (AvgIpc) is 3.12. The van der Waals surface area contributed by atoms with Gasteiger partial charge in [-0.05, 0) is 73.0 Å². The van der Waals surface area contributed by atoms with E-state index in [9.17, 15) is 14.4 Å². The summed E-state index contributed by atoms with van der Waals surface area (Å²) in [6.07, 6.45) is 3.21. The third-order valence-electron chi connectivity index (χ3n) is 8.63. The second-order valence-corrected chi connectivity index (χ2v) is 13.8. The third-order valence-corrected chi connectivity index (χ3v) is 8.88. The van der Waals surface area contributed by atoms with Gasteiger partial charge in [0.25, 0.3) is 0 Å². The van der Waals surface area contributed by atoms with Gasteiger partial charge in [0.05, 0.1) is 18.6 Å². The SMILES string of the molecule is CC(C)Cc1ccc(C(C)C(=O)O)cc1.NCCCC[C@H](N)C(=O)O.O=C(O)COCCN1CCN(C(c2ccccc2)c2ccc(Cl)cc2)CC1. The van der Waals surface area contributed by atoms with Gasteiger partial charge in [-0.3, -0.25) is 19.4 Å². The molecule has 286 valence electrons. The molecule has 11 nitrogen and oxygen atoms in total. The van der Waals surface area contributed by atoms with Gasteiger partial charge in [0.15, 0.2) is 0 Å². The number of benzene rings is 3. The summed E-state index contributed by atoms with van der Waals surface area (Å²) in [7, 11) is 0. The van der Waals surface area contributed by atoms with Gasteiger partial charge in [-0.15, -0.1) is 0 Å². The number of carboxylic acid groups (broad SMARTS) is 3. The van der Waals surface area contributed by atoms with E-state index in [1.807, 2.05) is 42.5 Å². The minimum absolute atomic E-state index is 0.203.